The number of nitrogens with zero attached hydrogens (tertiary/aromatic N) is 2. The minimum Gasteiger partial charge on any atom is -0.473 e. The second-order valence-corrected chi connectivity index (χ2v) is 5.55. The molecule has 0 atom stereocenters. The van der Waals surface area contributed by atoms with E-state index in [0.717, 1.165) is 18.5 Å². The van der Waals surface area contributed by atoms with E-state index >= 15 is 0 Å². The van der Waals surface area contributed by atoms with Crippen LogP contribution in [-0.2, 0) is 6.54 Å². The van der Waals surface area contributed by atoms with Gasteiger partial charge >= 0.3 is 0 Å². The van der Waals surface area contributed by atoms with Crippen LogP contribution in [0.25, 0.3) is 0 Å². The van der Waals surface area contributed by atoms with Crippen LogP contribution in [0, 0.1) is 5.41 Å². The van der Waals surface area contributed by atoms with Crippen molar-refractivity contribution in [1.82, 2.24) is 10.2 Å². The van der Waals surface area contributed by atoms with Crippen LogP contribution < -0.4 is 10.5 Å². The molecule has 1 saturated carbocycles. The molecule has 0 unspecified atom stereocenters. The maximum atomic E-state index is 5.83. The normalized spacial score (nSPS) is 20.2. The Morgan fingerprint density at radius 3 is 2.53 bits per heavy atom. The Morgan fingerprint density at radius 2 is 2.00 bits per heavy atom. The first kappa shape index (κ1) is 12.3. The molecule has 0 radical (unpaired) electrons. The molecule has 1 fully saturated rings. The van der Waals surface area contributed by atoms with Gasteiger partial charge in [0.25, 0.3) is 0 Å². The smallest absolute Gasteiger partial charge is 0.233 e. The first-order valence-corrected chi connectivity index (χ1v) is 6.28. The summed E-state index contributed by atoms with van der Waals surface area (Å²) >= 11 is 0. The molecule has 4 nitrogen and oxygen atoms in total. The summed E-state index contributed by atoms with van der Waals surface area (Å²) in [7, 11) is 0. The molecule has 0 amide bonds. The quantitative estimate of drug-likeness (QED) is 0.873. The van der Waals surface area contributed by atoms with Gasteiger partial charge in [-0.15, -0.1) is 5.10 Å². The molecule has 0 bridgehead atoms. The first-order valence-electron chi connectivity index (χ1n) is 6.28. The van der Waals surface area contributed by atoms with Crippen molar-refractivity contribution in [2.45, 2.75) is 52.2 Å². The number of ether oxygens (including phenoxy) is 1. The lowest BCUT2D eigenvalue weighted by Crippen LogP contribution is -2.28. The van der Waals surface area contributed by atoms with Crippen molar-refractivity contribution in [3.63, 3.8) is 0 Å². The average Bonchev–Trinajstić information content (AvgIpc) is 2.33. The zero-order chi connectivity index (χ0) is 12.3. The van der Waals surface area contributed by atoms with Crippen molar-refractivity contribution < 1.29 is 4.74 Å². The third-order valence-electron chi connectivity index (χ3n) is 3.48. The van der Waals surface area contributed by atoms with Crippen LogP contribution in [0.1, 0.15) is 45.2 Å². The molecular weight excluding hydrogens is 214 g/mol. The van der Waals surface area contributed by atoms with Crippen LogP contribution >= 0.6 is 0 Å². The highest BCUT2D eigenvalue weighted by atomic mass is 16.5. The fourth-order valence-electron chi connectivity index (χ4n) is 2.18. The number of rotatable bonds is 3. The Balaban J connectivity index is 1.89. The lowest BCUT2D eigenvalue weighted by Gasteiger charge is -2.33. The Kier molecular flexibility index (Phi) is 3.62. The Hall–Kier alpha value is -1.16. The van der Waals surface area contributed by atoms with E-state index in [1.807, 2.05) is 12.1 Å². The van der Waals surface area contributed by atoms with Gasteiger partial charge in [0.15, 0.2) is 0 Å². The van der Waals surface area contributed by atoms with E-state index in [4.69, 9.17) is 10.5 Å². The molecular formula is C13H21N3O. The predicted molar refractivity (Wildman–Crippen MR) is 66.6 cm³/mol. The second-order valence-electron chi connectivity index (χ2n) is 5.55. The lowest BCUT2D eigenvalue weighted by atomic mass is 9.76. The van der Waals surface area contributed by atoms with Gasteiger partial charge in [0.1, 0.15) is 6.10 Å². The van der Waals surface area contributed by atoms with Gasteiger partial charge in [0.05, 0.1) is 5.69 Å². The third-order valence-corrected chi connectivity index (χ3v) is 3.48. The molecule has 1 aliphatic carbocycles. The molecule has 0 aliphatic heterocycles. The molecule has 0 aromatic carbocycles. The van der Waals surface area contributed by atoms with Gasteiger partial charge in [-0.3, -0.25) is 0 Å². The molecule has 0 saturated heterocycles. The summed E-state index contributed by atoms with van der Waals surface area (Å²) in [5.74, 6) is 0.618. The van der Waals surface area contributed by atoms with E-state index in [1.165, 1.54) is 12.8 Å². The van der Waals surface area contributed by atoms with E-state index in [9.17, 15) is 0 Å². The van der Waals surface area contributed by atoms with Crippen molar-refractivity contribution >= 4 is 0 Å². The molecule has 2 rings (SSSR count). The minimum atomic E-state index is 0.293. The van der Waals surface area contributed by atoms with E-state index in [2.05, 4.69) is 24.0 Å². The largest absolute Gasteiger partial charge is 0.473 e. The lowest BCUT2D eigenvalue weighted by molar-refractivity contribution is 0.0939. The monoisotopic (exact) mass is 235 g/mol. The number of hydrogen-bond acceptors (Lipinski definition) is 4. The Bertz CT molecular complexity index is 351. The van der Waals surface area contributed by atoms with E-state index in [1.54, 1.807) is 0 Å². The standard InChI is InChI=1S/C13H21N3O/c1-13(2)7-5-11(6-8-13)17-12-4-3-10(9-14)15-16-12/h3-4,11H,5-9,14H2,1-2H3. The molecule has 1 aliphatic rings. The number of aromatic nitrogens is 2. The maximum Gasteiger partial charge on any atom is 0.233 e. The molecule has 1 aromatic rings. The fourth-order valence-corrected chi connectivity index (χ4v) is 2.18. The van der Waals surface area contributed by atoms with Gasteiger partial charge in [-0.2, -0.15) is 5.10 Å². The first-order chi connectivity index (χ1) is 8.09. The summed E-state index contributed by atoms with van der Waals surface area (Å²) in [6.45, 7) is 5.06. The summed E-state index contributed by atoms with van der Waals surface area (Å²) in [6, 6.07) is 3.73. The van der Waals surface area contributed by atoms with Gasteiger partial charge in [-0.05, 0) is 37.2 Å². The van der Waals surface area contributed by atoms with Crippen molar-refractivity contribution in [2.24, 2.45) is 11.1 Å². The highest BCUT2D eigenvalue weighted by Gasteiger charge is 2.27. The molecule has 17 heavy (non-hydrogen) atoms. The van der Waals surface area contributed by atoms with Crippen LogP contribution in [0.5, 0.6) is 5.88 Å². The Morgan fingerprint density at radius 1 is 1.29 bits per heavy atom. The zero-order valence-electron chi connectivity index (χ0n) is 10.6. The molecule has 0 spiro atoms. The maximum absolute atomic E-state index is 5.83. The molecule has 1 heterocycles. The van der Waals surface area contributed by atoms with Gasteiger partial charge < -0.3 is 10.5 Å². The summed E-state index contributed by atoms with van der Waals surface area (Å²) < 4.78 is 5.83. The predicted octanol–water partition coefficient (Wildman–Crippen LogP) is 2.28. The fraction of sp³-hybridized carbons (Fsp3) is 0.692. The minimum absolute atomic E-state index is 0.293. The SMILES string of the molecule is CC1(C)CCC(Oc2ccc(CN)nn2)CC1. The number of nitrogens with two attached hydrogens (primary N) is 1. The Labute approximate surface area is 103 Å². The van der Waals surface area contributed by atoms with Crippen molar-refractivity contribution in [3.8, 4) is 5.88 Å². The molecule has 94 valence electrons. The zero-order valence-corrected chi connectivity index (χ0v) is 10.6. The van der Waals surface area contributed by atoms with Crippen LogP contribution in [0.4, 0.5) is 0 Å². The average molecular weight is 235 g/mol. The van der Waals surface area contributed by atoms with E-state index in [0.29, 0.717) is 23.9 Å². The van der Waals surface area contributed by atoms with Gasteiger partial charge in [-0.1, -0.05) is 13.8 Å². The summed E-state index contributed by atoms with van der Waals surface area (Å²) in [6.07, 6.45) is 4.93. The molecule has 1 aromatic heterocycles. The molecule has 4 heteroatoms. The van der Waals surface area contributed by atoms with Crippen LogP contribution in [-0.4, -0.2) is 16.3 Å². The second kappa shape index (κ2) is 5.00. The van der Waals surface area contributed by atoms with Crippen LogP contribution in [0.2, 0.25) is 0 Å². The van der Waals surface area contributed by atoms with Crippen molar-refractivity contribution in [1.29, 1.82) is 0 Å². The van der Waals surface area contributed by atoms with Gasteiger partial charge in [0.2, 0.25) is 5.88 Å². The summed E-state index contributed by atoms with van der Waals surface area (Å²) in [5.41, 5.74) is 6.73. The van der Waals surface area contributed by atoms with Gasteiger partial charge in [0, 0.05) is 12.6 Å². The molecule has 2 N–H and O–H groups in total. The van der Waals surface area contributed by atoms with Crippen LogP contribution in [0.3, 0.4) is 0 Å². The highest BCUT2D eigenvalue weighted by molar-refractivity contribution is 5.11. The van der Waals surface area contributed by atoms with Crippen molar-refractivity contribution in [3.05, 3.63) is 17.8 Å². The van der Waals surface area contributed by atoms with E-state index < -0.39 is 0 Å². The van der Waals surface area contributed by atoms with E-state index in [-0.39, 0.29) is 0 Å². The van der Waals surface area contributed by atoms with Crippen molar-refractivity contribution in [2.75, 3.05) is 0 Å². The van der Waals surface area contributed by atoms with Crippen LogP contribution in [0.15, 0.2) is 12.1 Å². The third kappa shape index (κ3) is 3.40. The van der Waals surface area contributed by atoms with Gasteiger partial charge in [-0.25, -0.2) is 0 Å². The summed E-state index contributed by atoms with van der Waals surface area (Å²) in [5, 5.41) is 8.02. The highest BCUT2D eigenvalue weighted by Crippen LogP contribution is 2.36. The topological polar surface area (TPSA) is 61.0 Å². The number of hydrogen-bond donors (Lipinski definition) is 1. The summed E-state index contributed by atoms with van der Waals surface area (Å²) in [4.78, 5) is 0.